The van der Waals surface area contributed by atoms with E-state index in [1.807, 2.05) is 20.8 Å². The summed E-state index contributed by atoms with van der Waals surface area (Å²) in [7, 11) is 0. The minimum atomic E-state index is -0.441. The van der Waals surface area contributed by atoms with Crippen molar-refractivity contribution in [2.45, 2.75) is 72.3 Å². The van der Waals surface area contributed by atoms with Crippen LogP contribution in [-0.2, 0) is 19.1 Å². The molecular formula is C17H30O4. The largest absolute Gasteiger partial charge is 0.465 e. The molecule has 0 aromatic carbocycles. The van der Waals surface area contributed by atoms with Gasteiger partial charge in [-0.15, -0.1) is 0 Å². The lowest BCUT2D eigenvalue weighted by molar-refractivity contribution is -0.163. The molecule has 0 heterocycles. The zero-order valence-electron chi connectivity index (χ0n) is 14.1. The van der Waals surface area contributed by atoms with Crippen molar-refractivity contribution in [1.82, 2.24) is 0 Å². The molecule has 0 N–H and O–H groups in total. The van der Waals surface area contributed by atoms with E-state index in [1.165, 1.54) is 0 Å². The third kappa shape index (κ3) is 6.96. The first-order chi connectivity index (χ1) is 9.69. The van der Waals surface area contributed by atoms with Gasteiger partial charge in [0.1, 0.15) is 5.60 Å². The topological polar surface area (TPSA) is 52.6 Å². The maximum atomic E-state index is 12.0. The fourth-order valence-corrected chi connectivity index (χ4v) is 2.46. The molecule has 4 heteroatoms. The second kappa shape index (κ2) is 7.81. The van der Waals surface area contributed by atoms with Gasteiger partial charge >= 0.3 is 11.9 Å². The molecule has 1 fully saturated rings. The Hall–Kier alpha value is -1.06. The van der Waals surface area contributed by atoms with E-state index in [0.717, 1.165) is 32.1 Å². The molecule has 1 aliphatic carbocycles. The fraction of sp³-hybridized carbons (Fsp3) is 0.882. The lowest BCUT2D eigenvalue weighted by atomic mass is 9.82. The summed E-state index contributed by atoms with van der Waals surface area (Å²) in [5.74, 6) is 0.202. The Labute approximate surface area is 128 Å². The molecule has 0 atom stereocenters. The van der Waals surface area contributed by atoms with E-state index in [0.29, 0.717) is 12.5 Å². The number of rotatable bonds is 5. The highest BCUT2D eigenvalue weighted by atomic mass is 16.6. The number of ether oxygens (including phenoxy) is 2. The van der Waals surface area contributed by atoms with E-state index >= 15 is 0 Å². The van der Waals surface area contributed by atoms with E-state index in [4.69, 9.17) is 9.47 Å². The molecule has 0 unspecified atom stereocenters. The molecule has 1 aliphatic rings. The molecule has 1 rings (SSSR count). The van der Waals surface area contributed by atoms with Gasteiger partial charge in [-0.25, -0.2) is 0 Å². The standard InChI is InChI=1S/C17H30O4/c1-12(2)10-11-20-15(18)13-6-8-14(9-7-13)16(19)21-17(3,4)5/h12-14H,6-11H2,1-5H3. The smallest absolute Gasteiger partial charge is 0.309 e. The number of hydrogen-bond acceptors (Lipinski definition) is 4. The number of hydrogen-bond donors (Lipinski definition) is 0. The number of esters is 2. The summed E-state index contributed by atoms with van der Waals surface area (Å²) in [6, 6.07) is 0. The first-order valence-corrected chi connectivity index (χ1v) is 8.08. The van der Waals surface area contributed by atoms with Gasteiger partial charge in [-0.3, -0.25) is 9.59 Å². The Kier molecular flexibility index (Phi) is 6.69. The molecule has 0 spiro atoms. The monoisotopic (exact) mass is 298 g/mol. The molecule has 0 bridgehead atoms. The summed E-state index contributed by atoms with van der Waals surface area (Å²) in [5, 5.41) is 0. The van der Waals surface area contributed by atoms with E-state index in [9.17, 15) is 9.59 Å². The Balaban J connectivity index is 2.31. The van der Waals surface area contributed by atoms with Gasteiger partial charge in [0.15, 0.2) is 0 Å². The van der Waals surface area contributed by atoms with Crippen LogP contribution in [0.3, 0.4) is 0 Å². The van der Waals surface area contributed by atoms with Crippen LogP contribution in [0.5, 0.6) is 0 Å². The number of carbonyl (C=O) groups excluding carboxylic acids is 2. The van der Waals surface area contributed by atoms with Crippen LogP contribution in [0.15, 0.2) is 0 Å². The van der Waals surface area contributed by atoms with Gasteiger partial charge in [-0.2, -0.15) is 0 Å². The Morgan fingerprint density at radius 2 is 1.48 bits per heavy atom. The van der Waals surface area contributed by atoms with Gasteiger partial charge in [0.25, 0.3) is 0 Å². The predicted octanol–water partition coefficient (Wildman–Crippen LogP) is 3.72. The van der Waals surface area contributed by atoms with Crippen molar-refractivity contribution >= 4 is 11.9 Å². The van der Waals surface area contributed by atoms with Gasteiger partial charge < -0.3 is 9.47 Å². The highest BCUT2D eigenvalue weighted by molar-refractivity contribution is 5.75. The second-order valence-corrected chi connectivity index (χ2v) is 7.43. The number of carbonyl (C=O) groups is 2. The van der Waals surface area contributed by atoms with Crippen LogP contribution >= 0.6 is 0 Å². The zero-order valence-corrected chi connectivity index (χ0v) is 14.1. The summed E-state index contributed by atoms with van der Waals surface area (Å²) < 4.78 is 10.7. The van der Waals surface area contributed by atoms with Gasteiger partial charge in [-0.1, -0.05) is 13.8 Å². The van der Waals surface area contributed by atoms with E-state index < -0.39 is 5.60 Å². The SMILES string of the molecule is CC(C)CCOC(=O)C1CCC(C(=O)OC(C)(C)C)CC1. The molecule has 0 saturated heterocycles. The molecule has 4 nitrogen and oxygen atoms in total. The first kappa shape index (κ1) is 18.0. The molecule has 0 radical (unpaired) electrons. The minimum Gasteiger partial charge on any atom is -0.465 e. The van der Waals surface area contributed by atoms with E-state index in [-0.39, 0.29) is 23.8 Å². The molecule has 0 aromatic rings. The summed E-state index contributed by atoms with van der Waals surface area (Å²) in [5.41, 5.74) is -0.441. The molecule has 122 valence electrons. The van der Waals surface area contributed by atoms with E-state index in [1.54, 1.807) is 0 Å². The molecule has 1 saturated carbocycles. The third-order valence-corrected chi connectivity index (χ3v) is 3.74. The van der Waals surface area contributed by atoms with Crippen molar-refractivity contribution in [3.8, 4) is 0 Å². The summed E-state index contributed by atoms with van der Waals surface area (Å²) >= 11 is 0. The molecule has 0 amide bonds. The van der Waals surface area contributed by atoms with Crippen LogP contribution in [0.25, 0.3) is 0 Å². The van der Waals surface area contributed by atoms with Gasteiger partial charge in [0.2, 0.25) is 0 Å². The first-order valence-electron chi connectivity index (χ1n) is 8.08. The normalized spacial score (nSPS) is 23.0. The lowest BCUT2D eigenvalue weighted by Gasteiger charge is -2.29. The van der Waals surface area contributed by atoms with Crippen molar-refractivity contribution in [1.29, 1.82) is 0 Å². The maximum absolute atomic E-state index is 12.0. The second-order valence-electron chi connectivity index (χ2n) is 7.43. The zero-order chi connectivity index (χ0) is 16.0. The van der Waals surface area contributed by atoms with Crippen LogP contribution < -0.4 is 0 Å². The Morgan fingerprint density at radius 3 is 1.90 bits per heavy atom. The highest BCUT2D eigenvalue weighted by Crippen LogP contribution is 2.31. The summed E-state index contributed by atoms with van der Waals surface area (Å²) in [6.45, 7) is 10.4. The third-order valence-electron chi connectivity index (χ3n) is 3.74. The fourth-order valence-electron chi connectivity index (χ4n) is 2.46. The minimum absolute atomic E-state index is 0.0455. The van der Waals surface area contributed by atoms with Crippen molar-refractivity contribution in [3.63, 3.8) is 0 Å². The molecule has 0 aromatic heterocycles. The van der Waals surface area contributed by atoms with Crippen molar-refractivity contribution < 1.29 is 19.1 Å². The van der Waals surface area contributed by atoms with Crippen LogP contribution in [-0.4, -0.2) is 24.1 Å². The van der Waals surface area contributed by atoms with Crippen molar-refractivity contribution in [2.24, 2.45) is 17.8 Å². The highest BCUT2D eigenvalue weighted by Gasteiger charge is 2.33. The quantitative estimate of drug-likeness (QED) is 0.726. The Bertz CT molecular complexity index is 346. The molecule has 0 aliphatic heterocycles. The molecular weight excluding hydrogens is 268 g/mol. The van der Waals surface area contributed by atoms with Crippen LogP contribution in [0.4, 0.5) is 0 Å². The molecule has 21 heavy (non-hydrogen) atoms. The van der Waals surface area contributed by atoms with E-state index in [2.05, 4.69) is 13.8 Å². The summed E-state index contributed by atoms with van der Waals surface area (Å²) in [4.78, 5) is 23.9. The van der Waals surface area contributed by atoms with Crippen LogP contribution in [0, 0.1) is 17.8 Å². The average molecular weight is 298 g/mol. The maximum Gasteiger partial charge on any atom is 0.309 e. The Morgan fingerprint density at radius 1 is 1.00 bits per heavy atom. The summed E-state index contributed by atoms with van der Waals surface area (Å²) in [6.07, 6.45) is 3.80. The predicted molar refractivity (Wildman–Crippen MR) is 81.7 cm³/mol. The lowest BCUT2D eigenvalue weighted by Crippen LogP contribution is -2.32. The van der Waals surface area contributed by atoms with Crippen LogP contribution in [0.1, 0.15) is 66.7 Å². The van der Waals surface area contributed by atoms with Crippen molar-refractivity contribution in [3.05, 3.63) is 0 Å². The average Bonchev–Trinajstić information content (AvgIpc) is 2.36. The van der Waals surface area contributed by atoms with Crippen LogP contribution in [0.2, 0.25) is 0 Å². The van der Waals surface area contributed by atoms with Gasteiger partial charge in [-0.05, 0) is 58.8 Å². The van der Waals surface area contributed by atoms with Gasteiger partial charge in [0, 0.05) is 0 Å². The van der Waals surface area contributed by atoms with Crippen molar-refractivity contribution in [2.75, 3.05) is 6.61 Å². The van der Waals surface area contributed by atoms with Gasteiger partial charge in [0.05, 0.1) is 18.4 Å².